The van der Waals surface area contributed by atoms with Gasteiger partial charge in [0.2, 0.25) is 0 Å². The molecular weight excluding hydrogens is 364 g/mol. The second-order valence-electron chi connectivity index (χ2n) is 4.23. The minimum absolute atomic E-state index is 0.0429. The van der Waals surface area contributed by atoms with Crippen LogP contribution in [0.1, 0.15) is 0 Å². The fourth-order valence-corrected chi connectivity index (χ4v) is 2.40. The molecular formula is C14H7BrClF2N3. The van der Waals surface area contributed by atoms with Gasteiger partial charge in [-0.25, -0.2) is 18.7 Å². The zero-order valence-electron chi connectivity index (χ0n) is 10.4. The van der Waals surface area contributed by atoms with Gasteiger partial charge >= 0.3 is 0 Å². The first-order valence-corrected chi connectivity index (χ1v) is 7.04. The molecule has 0 aliphatic carbocycles. The lowest BCUT2D eigenvalue weighted by Crippen LogP contribution is -1.99. The molecule has 0 saturated heterocycles. The third-order valence-corrected chi connectivity index (χ3v) is 3.73. The lowest BCUT2D eigenvalue weighted by Gasteiger charge is -2.10. The first kappa shape index (κ1) is 14.2. The van der Waals surface area contributed by atoms with Gasteiger partial charge in [-0.15, -0.1) is 0 Å². The van der Waals surface area contributed by atoms with E-state index in [9.17, 15) is 8.78 Å². The normalized spacial score (nSPS) is 10.9. The van der Waals surface area contributed by atoms with Crippen LogP contribution in [-0.2, 0) is 0 Å². The summed E-state index contributed by atoms with van der Waals surface area (Å²) >= 11 is 8.92. The van der Waals surface area contributed by atoms with Gasteiger partial charge in [0, 0.05) is 9.86 Å². The maximum Gasteiger partial charge on any atom is 0.168 e. The Labute approximate surface area is 132 Å². The number of nitrogens with zero attached hydrogens (tertiary/aromatic N) is 2. The van der Waals surface area contributed by atoms with Crippen LogP contribution in [0.4, 0.5) is 20.3 Å². The predicted octanol–water partition coefficient (Wildman–Crippen LogP) is 5.07. The molecule has 1 aromatic heterocycles. The van der Waals surface area contributed by atoms with Gasteiger partial charge < -0.3 is 5.32 Å². The molecule has 3 rings (SSSR count). The molecule has 2 aromatic carbocycles. The van der Waals surface area contributed by atoms with E-state index in [0.717, 1.165) is 10.5 Å². The predicted molar refractivity (Wildman–Crippen MR) is 81.9 cm³/mol. The number of anilines is 2. The Morgan fingerprint density at radius 2 is 1.90 bits per heavy atom. The molecule has 7 heteroatoms. The van der Waals surface area contributed by atoms with Crippen LogP contribution in [0.15, 0.2) is 41.1 Å². The molecule has 21 heavy (non-hydrogen) atoms. The lowest BCUT2D eigenvalue weighted by molar-refractivity contribution is 0.587. The largest absolute Gasteiger partial charge is 0.337 e. The van der Waals surface area contributed by atoms with E-state index in [1.807, 2.05) is 6.07 Å². The van der Waals surface area contributed by atoms with Crippen LogP contribution in [0.2, 0.25) is 5.02 Å². The summed E-state index contributed by atoms with van der Waals surface area (Å²) in [6, 6.07) is 7.81. The molecule has 106 valence electrons. The van der Waals surface area contributed by atoms with E-state index >= 15 is 0 Å². The first-order valence-electron chi connectivity index (χ1n) is 5.87. The third kappa shape index (κ3) is 2.69. The van der Waals surface area contributed by atoms with Crippen molar-refractivity contribution in [2.45, 2.75) is 0 Å². The number of aromatic nitrogens is 2. The van der Waals surface area contributed by atoms with E-state index < -0.39 is 16.7 Å². The second-order valence-corrected chi connectivity index (χ2v) is 5.53. The molecule has 0 amide bonds. The molecule has 0 aliphatic heterocycles. The van der Waals surface area contributed by atoms with Gasteiger partial charge in [0.15, 0.2) is 5.82 Å². The number of nitrogens with one attached hydrogen (secondary N) is 1. The summed E-state index contributed by atoms with van der Waals surface area (Å²) in [5, 5.41) is 2.96. The topological polar surface area (TPSA) is 37.8 Å². The molecule has 0 spiro atoms. The number of hydrogen-bond acceptors (Lipinski definition) is 3. The summed E-state index contributed by atoms with van der Waals surface area (Å²) < 4.78 is 28.0. The van der Waals surface area contributed by atoms with Gasteiger partial charge in [-0.05, 0) is 30.3 Å². The Kier molecular flexibility index (Phi) is 3.73. The molecule has 1 heterocycles. The molecule has 0 radical (unpaired) electrons. The number of halogens is 4. The van der Waals surface area contributed by atoms with Crippen molar-refractivity contribution in [1.29, 1.82) is 0 Å². The van der Waals surface area contributed by atoms with Crippen molar-refractivity contribution < 1.29 is 8.78 Å². The Bertz CT molecular complexity index is 842. The van der Waals surface area contributed by atoms with Crippen LogP contribution in [0, 0.1) is 11.6 Å². The molecule has 0 atom stereocenters. The van der Waals surface area contributed by atoms with Crippen LogP contribution >= 0.6 is 27.5 Å². The van der Waals surface area contributed by atoms with Gasteiger partial charge in [-0.2, -0.15) is 0 Å². The Morgan fingerprint density at radius 3 is 2.71 bits per heavy atom. The average molecular weight is 371 g/mol. The molecule has 0 fully saturated rings. The molecule has 1 N–H and O–H groups in total. The van der Waals surface area contributed by atoms with Gasteiger partial charge in [-0.1, -0.05) is 27.5 Å². The second kappa shape index (κ2) is 5.54. The van der Waals surface area contributed by atoms with Crippen molar-refractivity contribution in [2.75, 3.05) is 5.32 Å². The summed E-state index contributed by atoms with van der Waals surface area (Å²) in [6.07, 6.45) is 1.36. The van der Waals surface area contributed by atoms with Crippen molar-refractivity contribution in [1.82, 2.24) is 9.97 Å². The monoisotopic (exact) mass is 369 g/mol. The summed E-state index contributed by atoms with van der Waals surface area (Å²) in [6.45, 7) is 0. The number of hydrogen-bond donors (Lipinski definition) is 1. The fraction of sp³-hybridized carbons (Fsp3) is 0. The molecule has 0 unspecified atom stereocenters. The van der Waals surface area contributed by atoms with Crippen molar-refractivity contribution >= 4 is 49.9 Å². The fourth-order valence-electron chi connectivity index (χ4n) is 1.88. The van der Waals surface area contributed by atoms with Crippen LogP contribution in [0.5, 0.6) is 0 Å². The Morgan fingerprint density at radius 1 is 1.10 bits per heavy atom. The first-order chi connectivity index (χ1) is 10.1. The Balaban J connectivity index is 2.10. The molecule has 3 nitrogen and oxygen atoms in total. The minimum Gasteiger partial charge on any atom is -0.337 e. The van der Waals surface area contributed by atoms with Gasteiger partial charge in [0.25, 0.3) is 0 Å². The van der Waals surface area contributed by atoms with Crippen molar-refractivity contribution in [3.05, 3.63) is 57.8 Å². The van der Waals surface area contributed by atoms with Crippen molar-refractivity contribution in [3.8, 4) is 0 Å². The van der Waals surface area contributed by atoms with E-state index in [1.54, 1.807) is 12.1 Å². The van der Waals surface area contributed by atoms with Gasteiger partial charge in [-0.3, -0.25) is 0 Å². The van der Waals surface area contributed by atoms with Crippen LogP contribution in [0.3, 0.4) is 0 Å². The summed E-state index contributed by atoms with van der Waals surface area (Å²) in [5.74, 6) is -1.27. The quantitative estimate of drug-likeness (QED) is 0.640. The SMILES string of the molecule is Fc1ccc(Nc2ncnc3ccc(Br)cc23)c(F)c1Cl. The summed E-state index contributed by atoms with van der Waals surface area (Å²) in [4.78, 5) is 8.22. The minimum atomic E-state index is -0.863. The van der Waals surface area contributed by atoms with Crippen LogP contribution in [-0.4, -0.2) is 9.97 Å². The third-order valence-electron chi connectivity index (χ3n) is 2.89. The highest BCUT2D eigenvalue weighted by Gasteiger charge is 2.13. The van der Waals surface area contributed by atoms with E-state index in [1.165, 1.54) is 12.4 Å². The van der Waals surface area contributed by atoms with E-state index in [2.05, 4.69) is 31.2 Å². The van der Waals surface area contributed by atoms with Gasteiger partial charge in [0.05, 0.1) is 11.2 Å². The van der Waals surface area contributed by atoms with E-state index in [0.29, 0.717) is 16.7 Å². The van der Waals surface area contributed by atoms with Gasteiger partial charge in [0.1, 0.15) is 23.0 Å². The highest BCUT2D eigenvalue weighted by atomic mass is 79.9. The molecule has 0 saturated carbocycles. The van der Waals surface area contributed by atoms with Crippen LogP contribution in [0.25, 0.3) is 10.9 Å². The molecule has 3 aromatic rings. The number of fused-ring (bicyclic) bond motifs is 1. The highest BCUT2D eigenvalue weighted by Crippen LogP contribution is 2.30. The van der Waals surface area contributed by atoms with Crippen LogP contribution < -0.4 is 5.32 Å². The maximum atomic E-state index is 13.9. The smallest absolute Gasteiger partial charge is 0.168 e. The Hall–Kier alpha value is -1.79. The van der Waals surface area contributed by atoms with Crippen molar-refractivity contribution in [3.63, 3.8) is 0 Å². The van der Waals surface area contributed by atoms with Crippen molar-refractivity contribution in [2.24, 2.45) is 0 Å². The lowest BCUT2D eigenvalue weighted by atomic mass is 10.2. The average Bonchev–Trinajstić information content (AvgIpc) is 2.48. The van der Waals surface area contributed by atoms with E-state index in [4.69, 9.17) is 11.6 Å². The highest BCUT2D eigenvalue weighted by molar-refractivity contribution is 9.10. The number of rotatable bonds is 2. The summed E-state index contributed by atoms with van der Waals surface area (Å²) in [5.41, 5.74) is 0.741. The zero-order valence-corrected chi connectivity index (χ0v) is 12.7. The standard InChI is InChI=1S/C14H7BrClF2N3/c15-7-1-3-10-8(5-7)14(20-6-19-10)21-11-4-2-9(17)12(16)13(11)18/h1-6H,(H,19,20,21). The zero-order chi connectivity index (χ0) is 15.0. The molecule has 0 bridgehead atoms. The van der Waals surface area contributed by atoms with E-state index in [-0.39, 0.29) is 5.69 Å². The molecule has 0 aliphatic rings. The number of benzene rings is 2. The maximum absolute atomic E-state index is 13.9. The summed E-state index contributed by atoms with van der Waals surface area (Å²) in [7, 11) is 0.